The fourth-order valence-electron chi connectivity index (χ4n) is 2.64. The van der Waals surface area contributed by atoms with Gasteiger partial charge < -0.3 is 19.5 Å². The van der Waals surface area contributed by atoms with Gasteiger partial charge in [0.1, 0.15) is 5.75 Å². The Hall–Kier alpha value is -2.08. The largest absolute Gasteiger partial charge is 0.494 e. The monoisotopic (exact) mass is 335 g/mol. The summed E-state index contributed by atoms with van der Waals surface area (Å²) in [5, 5.41) is 8.81. The van der Waals surface area contributed by atoms with Crippen molar-refractivity contribution in [3.8, 4) is 5.75 Å². The molecule has 24 heavy (non-hydrogen) atoms. The quantitative estimate of drug-likeness (QED) is 0.773. The summed E-state index contributed by atoms with van der Waals surface area (Å²) >= 11 is 0. The molecule has 6 nitrogen and oxygen atoms in total. The number of morpholine rings is 1. The molecule has 0 spiro atoms. The van der Waals surface area contributed by atoms with Crippen molar-refractivity contribution in [1.82, 2.24) is 4.90 Å². The van der Waals surface area contributed by atoms with Crippen molar-refractivity contribution in [2.45, 2.75) is 39.2 Å². The van der Waals surface area contributed by atoms with Crippen LogP contribution in [0.2, 0.25) is 0 Å². The number of ether oxygens (including phenoxy) is 2. The maximum absolute atomic E-state index is 12.2. The van der Waals surface area contributed by atoms with Crippen LogP contribution in [0.5, 0.6) is 5.75 Å². The second kappa shape index (κ2) is 8.68. The van der Waals surface area contributed by atoms with Crippen LogP contribution in [0, 0.1) is 13.8 Å². The molecule has 1 saturated heterocycles. The number of rotatable bonds is 7. The van der Waals surface area contributed by atoms with Crippen LogP contribution in [0.1, 0.15) is 30.4 Å². The Bertz CT molecular complexity index is 587. The van der Waals surface area contributed by atoms with Gasteiger partial charge in [0.15, 0.2) is 0 Å². The lowest BCUT2D eigenvalue weighted by molar-refractivity contribution is -0.147. The molecule has 132 valence electrons. The highest BCUT2D eigenvalue weighted by Gasteiger charge is 2.25. The Morgan fingerprint density at radius 1 is 1.33 bits per heavy atom. The molecule has 1 aromatic rings. The van der Waals surface area contributed by atoms with E-state index in [4.69, 9.17) is 14.6 Å². The van der Waals surface area contributed by atoms with Crippen LogP contribution >= 0.6 is 0 Å². The van der Waals surface area contributed by atoms with Crippen LogP contribution in [0.4, 0.5) is 0 Å². The third-order valence-electron chi connectivity index (χ3n) is 4.18. The molecule has 1 heterocycles. The van der Waals surface area contributed by atoms with Crippen LogP contribution < -0.4 is 4.74 Å². The molecule has 1 N–H and O–H groups in total. The van der Waals surface area contributed by atoms with E-state index in [1.807, 2.05) is 25.1 Å². The van der Waals surface area contributed by atoms with E-state index in [1.165, 1.54) is 11.1 Å². The summed E-state index contributed by atoms with van der Waals surface area (Å²) in [6.45, 7) is 5.84. The van der Waals surface area contributed by atoms with Gasteiger partial charge in [0.05, 0.1) is 25.7 Å². The Morgan fingerprint density at radius 2 is 2.12 bits per heavy atom. The van der Waals surface area contributed by atoms with Crippen LogP contribution in [-0.2, 0) is 14.3 Å². The van der Waals surface area contributed by atoms with Crippen molar-refractivity contribution in [1.29, 1.82) is 0 Å². The Morgan fingerprint density at radius 3 is 2.83 bits per heavy atom. The standard InChI is InChI=1S/C18H25NO5/c1-13-5-6-15(10-14(13)2)23-8-3-4-17(20)19-7-9-24-16(12-19)11-18(21)22/h5-6,10,16H,3-4,7-9,11-12H2,1-2H3,(H,21,22). The second-order valence-corrected chi connectivity index (χ2v) is 6.13. The molecule has 1 amide bonds. The van der Waals surface area contributed by atoms with Crippen molar-refractivity contribution in [3.05, 3.63) is 29.3 Å². The highest BCUT2D eigenvalue weighted by atomic mass is 16.5. The molecule has 0 bridgehead atoms. The van der Waals surface area contributed by atoms with Gasteiger partial charge in [-0.3, -0.25) is 9.59 Å². The molecule has 2 rings (SSSR count). The van der Waals surface area contributed by atoms with Crippen molar-refractivity contribution in [2.24, 2.45) is 0 Å². The molecule has 1 aliphatic rings. The first-order chi connectivity index (χ1) is 11.5. The Kier molecular flexibility index (Phi) is 6.61. The Balaban J connectivity index is 1.70. The van der Waals surface area contributed by atoms with Gasteiger partial charge in [-0.25, -0.2) is 0 Å². The summed E-state index contributed by atoms with van der Waals surface area (Å²) in [5.41, 5.74) is 2.40. The van der Waals surface area contributed by atoms with Crippen molar-refractivity contribution >= 4 is 11.9 Å². The number of benzene rings is 1. The molecule has 6 heteroatoms. The van der Waals surface area contributed by atoms with E-state index in [2.05, 4.69) is 6.92 Å². The number of carbonyl (C=O) groups excluding carboxylic acids is 1. The molecule has 1 unspecified atom stereocenters. The average Bonchev–Trinajstić information content (AvgIpc) is 2.54. The minimum absolute atomic E-state index is 0.0253. The number of carbonyl (C=O) groups is 2. The zero-order chi connectivity index (χ0) is 17.5. The summed E-state index contributed by atoms with van der Waals surface area (Å²) < 4.78 is 11.1. The minimum Gasteiger partial charge on any atom is -0.494 e. The number of aryl methyl sites for hydroxylation is 2. The van der Waals surface area contributed by atoms with Crippen LogP contribution in [0.3, 0.4) is 0 Å². The van der Waals surface area contributed by atoms with Crippen LogP contribution in [0.25, 0.3) is 0 Å². The number of nitrogens with zero attached hydrogens (tertiary/aromatic N) is 1. The van der Waals surface area contributed by atoms with Crippen LogP contribution in [-0.4, -0.2) is 54.3 Å². The van der Waals surface area contributed by atoms with E-state index < -0.39 is 12.1 Å². The summed E-state index contributed by atoms with van der Waals surface area (Å²) in [6, 6.07) is 5.95. The van der Waals surface area contributed by atoms with Crippen molar-refractivity contribution in [2.75, 3.05) is 26.3 Å². The minimum atomic E-state index is -0.906. The molecule has 0 aliphatic carbocycles. The van der Waals surface area contributed by atoms with Crippen molar-refractivity contribution < 1.29 is 24.2 Å². The molecule has 1 aromatic carbocycles. The average molecular weight is 335 g/mol. The molecule has 0 aromatic heterocycles. The maximum atomic E-state index is 12.2. The van der Waals surface area contributed by atoms with Crippen LogP contribution in [0.15, 0.2) is 18.2 Å². The van der Waals surface area contributed by atoms with E-state index in [-0.39, 0.29) is 12.3 Å². The summed E-state index contributed by atoms with van der Waals surface area (Å²) in [4.78, 5) is 24.6. The van der Waals surface area contributed by atoms with E-state index in [1.54, 1.807) is 4.90 Å². The predicted molar refractivity (Wildman–Crippen MR) is 89.2 cm³/mol. The number of carboxylic acid groups (broad SMARTS) is 1. The molecule has 1 atom stereocenters. The first-order valence-electron chi connectivity index (χ1n) is 8.27. The van der Waals surface area contributed by atoms with Gasteiger partial charge in [0.2, 0.25) is 5.91 Å². The molecule has 0 saturated carbocycles. The first kappa shape index (κ1) is 18.3. The molecular weight excluding hydrogens is 310 g/mol. The van der Waals surface area contributed by atoms with E-state index in [9.17, 15) is 9.59 Å². The fourth-order valence-corrected chi connectivity index (χ4v) is 2.64. The number of hydrogen-bond donors (Lipinski definition) is 1. The van der Waals surface area contributed by atoms with E-state index >= 15 is 0 Å². The van der Waals surface area contributed by atoms with Gasteiger partial charge in [0.25, 0.3) is 0 Å². The lowest BCUT2D eigenvalue weighted by atomic mass is 10.1. The SMILES string of the molecule is Cc1ccc(OCCCC(=O)N2CCOC(CC(=O)O)C2)cc1C. The Labute approximate surface area is 142 Å². The summed E-state index contributed by atoms with van der Waals surface area (Å²) in [5.74, 6) is -0.0630. The first-order valence-corrected chi connectivity index (χ1v) is 8.27. The molecular formula is C18H25NO5. The van der Waals surface area contributed by atoms with Gasteiger partial charge >= 0.3 is 5.97 Å². The van der Waals surface area contributed by atoms with Gasteiger partial charge in [-0.2, -0.15) is 0 Å². The highest BCUT2D eigenvalue weighted by Crippen LogP contribution is 2.17. The zero-order valence-electron chi connectivity index (χ0n) is 14.3. The lowest BCUT2D eigenvalue weighted by Crippen LogP contribution is -2.46. The van der Waals surface area contributed by atoms with Gasteiger partial charge in [-0.05, 0) is 43.5 Å². The highest BCUT2D eigenvalue weighted by molar-refractivity contribution is 5.76. The van der Waals surface area contributed by atoms with E-state index in [0.29, 0.717) is 39.1 Å². The smallest absolute Gasteiger partial charge is 0.306 e. The topological polar surface area (TPSA) is 76.1 Å². The number of aliphatic carboxylic acids is 1. The summed E-state index contributed by atoms with van der Waals surface area (Å²) in [6.07, 6.45) is 0.545. The molecule has 0 radical (unpaired) electrons. The zero-order valence-corrected chi connectivity index (χ0v) is 14.3. The number of carboxylic acids is 1. The maximum Gasteiger partial charge on any atom is 0.306 e. The third kappa shape index (κ3) is 5.53. The lowest BCUT2D eigenvalue weighted by Gasteiger charge is -2.32. The van der Waals surface area contributed by atoms with Gasteiger partial charge in [-0.1, -0.05) is 6.07 Å². The normalized spacial score (nSPS) is 17.6. The summed E-state index contributed by atoms with van der Waals surface area (Å²) in [7, 11) is 0. The molecule has 1 aliphatic heterocycles. The predicted octanol–water partition coefficient (Wildman–Crippen LogP) is 2.16. The molecule has 1 fully saturated rings. The van der Waals surface area contributed by atoms with Gasteiger partial charge in [0, 0.05) is 19.5 Å². The van der Waals surface area contributed by atoms with Crippen molar-refractivity contribution in [3.63, 3.8) is 0 Å². The van der Waals surface area contributed by atoms with Gasteiger partial charge in [-0.15, -0.1) is 0 Å². The second-order valence-electron chi connectivity index (χ2n) is 6.13. The van der Waals surface area contributed by atoms with E-state index in [0.717, 1.165) is 5.75 Å². The fraction of sp³-hybridized carbons (Fsp3) is 0.556. The number of hydrogen-bond acceptors (Lipinski definition) is 4. The number of amides is 1. The third-order valence-corrected chi connectivity index (χ3v) is 4.18.